The Morgan fingerprint density at radius 2 is 2.10 bits per heavy atom. The van der Waals surface area contributed by atoms with Gasteiger partial charge in [0.1, 0.15) is 5.75 Å². The van der Waals surface area contributed by atoms with Crippen LogP contribution in [0.1, 0.15) is 12.3 Å². The molecule has 0 aliphatic carbocycles. The van der Waals surface area contributed by atoms with Crippen molar-refractivity contribution in [3.63, 3.8) is 0 Å². The van der Waals surface area contributed by atoms with Crippen LogP contribution in [-0.4, -0.2) is 32.2 Å². The van der Waals surface area contributed by atoms with E-state index in [1.165, 1.54) is 18.3 Å². The molecule has 29 heavy (non-hydrogen) atoms. The van der Waals surface area contributed by atoms with Crippen LogP contribution in [0, 0.1) is 5.82 Å². The Balaban J connectivity index is 0.00000300. The number of benzene rings is 1. The number of ether oxygens (including phenoxy) is 1. The summed E-state index contributed by atoms with van der Waals surface area (Å²) in [4.78, 5) is 18.6. The average Bonchev–Trinajstić information content (AvgIpc) is 3.04. The standard InChI is InChI=1S/C17H13Cl2FN4O4.ClH/c18-8-3-13(20)17(22-7-8)27-10-1-2-11(12(19)6-10)16-23-14(28-24-16)4-9(21)5-15(25)26;/h1-3,6-7,9H,4-5,21H2,(H,25,26);1H. The van der Waals surface area contributed by atoms with Gasteiger partial charge in [-0.15, -0.1) is 12.4 Å². The third-order valence-electron chi connectivity index (χ3n) is 3.51. The minimum atomic E-state index is -1.02. The fourth-order valence-electron chi connectivity index (χ4n) is 2.30. The first-order valence-corrected chi connectivity index (χ1v) is 8.66. The smallest absolute Gasteiger partial charge is 0.304 e. The minimum absolute atomic E-state index is 0. The first-order valence-electron chi connectivity index (χ1n) is 7.90. The van der Waals surface area contributed by atoms with Crippen molar-refractivity contribution in [2.45, 2.75) is 18.9 Å². The number of carboxylic acid groups (broad SMARTS) is 1. The highest BCUT2D eigenvalue weighted by atomic mass is 35.5. The summed E-state index contributed by atoms with van der Waals surface area (Å²) in [5.41, 5.74) is 6.15. The lowest BCUT2D eigenvalue weighted by Gasteiger charge is -2.07. The highest BCUT2D eigenvalue weighted by Crippen LogP contribution is 2.32. The zero-order chi connectivity index (χ0) is 20.3. The van der Waals surface area contributed by atoms with Gasteiger partial charge in [0, 0.05) is 30.3 Å². The lowest BCUT2D eigenvalue weighted by molar-refractivity contribution is -0.137. The van der Waals surface area contributed by atoms with E-state index in [1.807, 2.05) is 0 Å². The van der Waals surface area contributed by atoms with Gasteiger partial charge in [-0.1, -0.05) is 28.4 Å². The molecule has 2 aromatic heterocycles. The number of carboxylic acids is 1. The van der Waals surface area contributed by atoms with Crippen molar-refractivity contribution >= 4 is 41.6 Å². The number of pyridine rings is 1. The minimum Gasteiger partial charge on any atom is -0.481 e. The zero-order valence-electron chi connectivity index (χ0n) is 14.5. The first-order chi connectivity index (χ1) is 13.3. The lowest BCUT2D eigenvalue weighted by atomic mass is 10.1. The highest BCUT2D eigenvalue weighted by Gasteiger charge is 2.17. The highest BCUT2D eigenvalue weighted by molar-refractivity contribution is 6.33. The molecule has 8 nitrogen and oxygen atoms in total. The van der Waals surface area contributed by atoms with Gasteiger partial charge >= 0.3 is 5.97 Å². The summed E-state index contributed by atoms with van der Waals surface area (Å²) >= 11 is 11.9. The Kier molecular flexibility index (Phi) is 7.74. The molecule has 0 saturated carbocycles. The largest absolute Gasteiger partial charge is 0.481 e. The molecule has 0 spiro atoms. The predicted octanol–water partition coefficient (Wildman–Crippen LogP) is 4.14. The number of halogens is 4. The summed E-state index contributed by atoms with van der Waals surface area (Å²) in [6.45, 7) is 0. The summed E-state index contributed by atoms with van der Waals surface area (Å²) < 4.78 is 24.2. The molecule has 1 atom stereocenters. The molecule has 1 unspecified atom stereocenters. The maximum absolute atomic E-state index is 13.8. The molecular weight excluding hydrogens is 450 g/mol. The second-order valence-corrected chi connectivity index (χ2v) is 6.60. The third kappa shape index (κ3) is 6.01. The van der Waals surface area contributed by atoms with Gasteiger partial charge in [-0.05, 0) is 18.2 Å². The van der Waals surface area contributed by atoms with E-state index in [2.05, 4.69) is 15.1 Å². The summed E-state index contributed by atoms with van der Waals surface area (Å²) in [5, 5.41) is 12.9. The topological polar surface area (TPSA) is 124 Å². The molecule has 0 fully saturated rings. The molecule has 1 aromatic carbocycles. The molecule has 0 aliphatic heterocycles. The number of hydrogen-bond donors (Lipinski definition) is 2. The Morgan fingerprint density at radius 1 is 1.34 bits per heavy atom. The molecule has 0 saturated heterocycles. The number of aromatic nitrogens is 3. The van der Waals surface area contributed by atoms with Crippen LogP contribution in [0.2, 0.25) is 10.0 Å². The predicted molar refractivity (Wildman–Crippen MR) is 105 cm³/mol. The zero-order valence-corrected chi connectivity index (χ0v) is 16.8. The summed E-state index contributed by atoms with van der Waals surface area (Å²) in [5.74, 6) is -1.35. The number of carbonyl (C=O) groups is 1. The van der Waals surface area contributed by atoms with Gasteiger partial charge in [0.25, 0.3) is 5.88 Å². The normalized spacial score (nSPS) is 11.6. The van der Waals surface area contributed by atoms with E-state index in [0.717, 1.165) is 6.07 Å². The Morgan fingerprint density at radius 3 is 2.76 bits per heavy atom. The third-order valence-corrected chi connectivity index (χ3v) is 4.03. The van der Waals surface area contributed by atoms with E-state index >= 15 is 0 Å². The summed E-state index contributed by atoms with van der Waals surface area (Å²) in [7, 11) is 0. The first kappa shape index (κ1) is 22.8. The number of aliphatic carboxylic acids is 1. The van der Waals surface area contributed by atoms with E-state index in [-0.39, 0.29) is 58.6 Å². The number of hydrogen-bond acceptors (Lipinski definition) is 7. The summed E-state index contributed by atoms with van der Waals surface area (Å²) in [6.07, 6.45) is 1.14. The van der Waals surface area contributed by atoms with Crippen LogP contribution in [0.3, 0.4) is 0 Å². The molecule has 12 heteroatoms. The Labute approximate surface area is 180 Å². The van der Waals surface area contributed by atoms with Crippen LogP contribution in [-0.2, 0) is 11.2 Å². The van der Waals surface area contributed by atoms with Gasteiger partial charge in [0.15, 0.2) is 5.82 Å². The maximum Gasteiger partial charge on any atom is 0.304 e. The summed E-state index contributed by atoms with van der Waals surface area (Å²) in [6, 6.07) is 4.97. The second-order valence-electron chi connectivity index (χ2n) is 5.76. The average molecular weight is 464 g/mol. The van der Waals surface area contributed by atoms with Gasteiger partial charge in [-0.25, -0.2) is 9.37 Å². The van der Waals surface area contributed by atoms with E-state index in [4.69, 9.17) is 43.3 Å². The number of nitrogens with zero attached hydrogens (tertiary/aromatic N) is 3. The lowest BCUT2D eigenvalue weighted by Crippen LogP contribution is -2.26. The Bertz CT molecular complexity index is 1020. The quantitative estimate of drug-likeness (QED) is 0.536. The van der Waals surface area contributed by atoms with E-state index in [1.54, 1.807) is 6.07 Å². The number of nitrogens with two attached hydrogens (primary N) is 1. The van der Waals surface area contributed by atoms with E-state index < -0.39 is 17.8 Å². The SMILES string of the molecule is Cl.NC(CC(=O)O)Cc1nc(-c2ccc(Oc3ncc(Cl)cc3F)cc2Cl)no1. The van der Waals surface area contributed by atoms with Crippen LogP contribution >= 0.6 is 35.6 Å². The molecule has 154 valence electrons. The molecule has 3 rings (SSSR count). The molecule has 3 aromatic rings. The second kappa shape index (κ2) is 9.84. The fourth-order valence-corrected chi connectivity index (χ4v) is 2.70. The van der Waals surface area contributed by atoms with Gasteiger partial charge in [0.2, 0.25) is 11.7 Å². The maximum atomic E-state index is 13.8. The van der Waals surface area contributed by atoms with Crippen LogP contribution in [0.25, 0.3) is 11.4 Å². The molecule has 2 heterocycles. The monoisotopic (exact) mass is 462 g/mol. The van der Waals surface area contributed by atoms with Gasteiger partial charge in [-0.2, -0.15) is 4.98 Å². The molecule has 0 radical (unpaired) electrons. The van der Waals surface area contributed by atoms with Crippen molar-refractivity contribution in [1.29, 1.82) is 0 Å². The van der Waals surface area contributed by atoms with Crippen molar-refractivity contribution < 1.29 is 23.6 Å². The van der Waals surface area contributed by atoms with Gasteiger partial charge < -0.3 is 20.1 Å². The molecule has 0 aliphatic rings. The van der Waals surface area contributed by atoms with Crippen molar-refractivity contribution in [2.75, 3.05) is 0 Å². The van der Waals surface area contributed by atoms with Gasteiger partial charge in [-0.3, -0.25) is 4.79 Å². The van der Waals surface area contributed by atoms with Crippen molar-refractivity contribution in [1.82, 2.24) is 15.1 Å². The van der Waals surface area contributed by atoms with Gasteiger partial charge in [0.05, 0.1) is 16.5 Å². The van der Waals surface area contributed by atoms with Crippen molar-refractivity contribution in [3.05, 3.63) is 52.2 Å². The van der Waals surface area contributed by atoms with E-state index in [0.29, 0.717) is 5.56 Å². The molecule has 0 amide bonds. The van der Waals surface area contributed by atoms with Crippen LogP contribution in [0.4, 0.5) is 4.39 Å². The van der Waals surface area contributed by atoms with Crippen molar-refractivity contribution in [3.8, 4) is 23.0 Å². The van der Waals surface area contributed by atoms with Crippen molar-refractivity contribution in [2.24, 2.45) is 5.73 Å². The molecule has 3 N–H and O–H groups in total. The van der Waals surface area contributed by atoms with Crippen LogP contribution in [0.5, 0.6) is 11.6 Å². The number of rotatable bonds is 7. The fraction of sp³-hybridized carbons (Fsp3) is 0.176. The molecule has 0 bridgehead atoms. The Hall–Kier alpha value is -2.46. The molecular formula is C17H14Cl3FN4O4. The van der Waals surface area contributed by atoms with E-state index in [9.17, 15) is 9.18 Å². The van der Waals surface area contributed by atoms with Crippen LogP contribution in [0.15, 0.2) is 35.0 Å². The van der Waals surface area contributed by atoms with Crippen LogP contribution < -0.4 is 10.5 Å².